The van der Waals surface area contributed by atoms with E-state index in [0.29, 0.717) is 12.1 Å². The molecule has 1 heterocycles. The lowest BCUT2D eigenvalue weighted by atomic mass is 9.86. The van der Waals surface area contributed by atoms with Crippen molar-refractivity contribution in [2.75, 3.05) is 17.3 Å². The molecular weight excluding hydrogens is 383 g/mol. The molecule has 6 nitrogen and oxygen atoms in total. The maximum absolute atomic E-state index is 14.7. The standard InChI is InChI=1S/C20H24F3N5O/c1-11-5-7-12(8-6-11)26-18-13(17(25)29)10-14(21)19(27-18)28(2)15-4-3-9-20(22,23)16(15)24/h5-8,10,15-16H,3-4,9,24H2,1-2H3,(H2,25,29)(H,26,27)/t15-,16-/m1/s1. The molecule has 5 N–H and O–H groups in total. The lowest BCUT2D eigenvalue weighted by Gasteiger charge is -2.41. The molecule has 0 bridgehead atoms. The molecule has 1 aliphatic rings. The molecular formula is C20H24F3N5O. The van der Waals surface area contributed by atoms with Crippen molar-refractivity contribution >= 4 is 23.2 Å². The van der Waals surface area contributed by atoms with Crippen molar-refractivity contribution in [1.82, 2.24) is 4.98 Å². The van der Waals surface area contributed by atoms with Crippen LogP contribution in [0.5, 0.6) is 0 Å². The average molecular weight is 407 g/mol. The summed E-state index contributed by atoms with van der Waals surface area (Å²) >= 11 is 0. The Morgan fingerprint density at radius 1 is 1.31 bits per heavy atom. The Morgan fingerprint density at radius 3 is 2.59 bits per heavy atom. The van der Waals surface area contributed by atoms with Crippen molar-refractivity contribution < 1.29 is 18.0 Å². The Bertz CT molecular complexity index is 904. The van der Waals surface area contributed by atoms with E-state index in [4.69, 9.17) is 11.5 Å². The zero-order valence-corrected chi connectivity index (χ0v) is 16.3. The first-order valence-electron chi connectivity index (χ1n) is 9.30. The van der Waals surface area contributed by atoms with E-state index >= 15 is 0 Å². The van der Waals surface area contributed by atoms with Crippen molar-refractivity contribution in [3.8, 4) is 0 Å². The molecule has 1 aliphatic carbocycles. The van der Waals surface area contributed by atoms with Gasteiger partial charge in [0.05, 0.1) is 17.6 Å². The Hall–Kier alpha value is -2.81. The number of nitrogens with zero attached hydrogens (tertiary/aromatic N) is 2. The second-order valence-corrected chi connectivity index (χ2v) is 7.40. The van der Waals surface area contributed by atoms with E-state index in [1.165, 1.54) is 11.9 Å². The van der Waals surface area contributed by atoms with Crippen LogP contribution in [0.3, 0.4) is 0 Å². The third-order valence-electron chi connectivity index (χ3n) is 5.28. The molecule has 3 rings (SSSR count). The zero-order valence-electron chi connectivity index (χ0n) is 16.3. The van der Waals surface area contributed by atoms with Gasteiger partial charge in [-0.05, 0) is 38.0 Å². The monoisotopic (exact) mass is 407 g/mol. The number of amides is 1. The highest BCUT2D eigenvalue weighted by atomic mass is 19.3. The minimum Gasteiger partial charge on any atom is -0.365 e. The zero-order chi connectivity index (χ0) is 21.3. The quantitative estimate of drug-likeness (QED) is 0.706. The van der Waals surface area contributed by atoms with Crippen LogP contribution in [0.4, 0.5) is 30.5 Å². The lowest BCUT2D eigenvalue weighted by molar-refractivity contribution is -0.0585. The number of nitrogens with two attached hydrogens (primary N) is 2. The van der Waals surface area contributed by atoms with Crippen LogP contribution in [0.25, 0.3) is 0 Å². The van der Waals surface area contributed by atoms with Crippen LogP contribution in [-0.2, 0) is 0 Å². The highest BCUT2D eigenvalue weighted by molar-refractivity contribution is 5.98. The number of carbonyl (C=O) groups excluding carboxylic acids is 1. The molecule has 0 unspecified atom stereocenters. The van der Waals surface area contributed by atoms with E-state index in [-0.39, 0.29) is 30.0 Å². The van der Waals surface area contributed by atoms with Gasteiger partial charge < -0.3 is 21.7 Å². The van der Waals surface area contributed by atoms with Crippen molar-refractivity contribution in [3.63, 3.8) is 0 Å². The van der Waals surface area contributed by atoms with Crippen molar-refractivity contribution in [2.24, 2.45) is 11.5 Å². The molecule has 29 heavy (non-hydrogen) atoms. The maximum Gasteiger partial charge on any atom is 0.264 e. The molecule has 1 saturated carbocycles. The van der Waals surface area contributed by atoms with E-state index in [0.717, 1.165) is 11.6 Å². The van der Waals surface area contributed by atoms with Gasteiger partial charge in [-0.2, -0.15) is 0 Å². The fourth-order valence-electron chi connectivity index (χ4n) is 3.55. The highest BCUT2D eigenvalue weighted by Gasteiger charge is 2.46. The summed E-state index contributed by atoms with van der Waals surface area (Å²) in [5.74, 6) is -4.87. The number of benzene rings is 1. The normalized spacial score (nSPS) is 20.9. The van der Waals surface area contributed by atoms with Crippen LogP contribution >= 0.6 is 0 Å². The Balaban J connectivity index is 1.98. The number of alkyl halides is 2. The number of nitrogens with one attached hydrogen (secondary N) is 1. The van der Waals surface area contributed by atoms with E-state index in [1.807, 2.05) is 19.1 Å². The number of rotatable bonds is 5. The van der Waals surface area contributed by atoms with Crippen LogP contribution in [0, 0.1) is 12.7 Å². The fraction of sp³-hybridized carbons (Fsp3) is 0.400. The van der Waals surface area contributed by atoms with E-state index < -0.39 is 29.7 Å². The first-order valence-corrected chi connectivity index (χ1v) is 9.30. The summed E-state index contributed by atoms with van der Waals surface area (Å²) in [5, 5.41) is 2.95. The van der Waals surface area contributed by atoms with Gasteiger partial charge in [-0.25, -0.2) is 18.2 Å². The second kappa shape index (κ2) is 7.90. The minimum atomic E-state index is -3.04. The average Bonchev–Trinajstić information content (AvgIpc) is 2.66. The summed E-state index contributed by atoms with van der Waals surface area (Å²) in [6.45, 7) is 1.92. The van der Waals surface area contributed by atoms with Gasteiger partial charge in [0.25, 0.3) is 11.8 Å². The molecule has 1 fully saturated rings. The Labute approximate surface area is 167 Å². The molecule has 0 aliphatic heterocycles. The number of likely N-dealkylation sites (N-methyl/N-ethyl adjacent to an activating group) is 1. The number of halogens is 3. The first kappa shape index (κ1) is 20.9. The summed E-state index contributed by atoms with van der Waals surface area (Å²) in [7, 11) is 1.47. The molecule has 9 heteroatoms. The van der Waals surface area contributed by atoms with Gasteiger partial charge in [-0.15, -0.1) is 0 Å². The van der Waals surface area contributed by atoms with Crippen LogP contribution < -0.4 is 21.7 Å². The van der Waals surface area contributed by atoms with E-state index in [1.54, 1.807) is 12.1 Å². The summed E-state index contributed by atoms with van der Waals surface area (Å²) in [6.07, 6.45) is 0.354. The van der Waals surface area contributed by atoms with Crippen LogP contribution in [0.1, 0.15) is 35.2 Å². The predicted octanol–water partition coefficient (Wildman–Crippen LogP) is 3.32. The summed E-state index contributed by atoms with van der Waals surface area (Å²) in [4.78, 5) is 17.3. The third-order valence-corrected chi connectivity index (χ3v) is 5.28. The SMILES string of the molecule is Cc1ccc(Nc2nc(N(C)[C@@H]3CCCC(F)(F)[C@@H]3N)c(F)cc2C(N)=O)cc1. The first-order chi connectivity index (χ1) is 13.6. The third kappa shape index (κ3) is 4.29. The minimum absolute atomic E-state index is 0.0424. The number of aromatic nitrogens is 1. The summed E-state index contributed by atoms with van der Waals surface area (Å²) < 4.78 is 42.8. The molecule has 0 spiro atoms. The molecule has 0 radical (unpaired) electrons. The number of anilines is 3. The number of carbonyl (C=O) groups is 1. The number of pyridine rings is 1. The van der Waals surface area contributed by atoms with Crippen molar-refractivity contribution in [3.05, 3.63) is 47.3 Å². The smallest absolute Gasteiger partial charge is 0.264 e. The molecule has 2 atom stereocenters. The van der Waals surface area contributed by atoms with Gasteiger partial charge in [0.2, 0.25) is 0 Å². The number of hydrogen-bond donors (Lipinski definition) is 3. The van der Waals surface area contributed by atoms with Gasteiger partial charge >= 0.3 is 0 Å². The van der Waals surface area contributed by atoms with E-state index in [2.05, 4.69) is 10.3 Å². The largest absolute Gasteiger partial charge is 0.365 e. The molecule has 156 valence electrons. The molecule has 1 aromatic carbocycles. The molecule has 2 aromatic rings. The van der Waals surface area contributed by atoms with Gasteiger partial charge in [-0.1, -0.05) is 17.7 Å². The second-order valence-electron chi connectivity index (χ2n) is 7.40. The maximum atomic E-state index is 14.7. The Kier molecular flexibility index (Phi) is 5.70. The van der Waals surface area contributed by atoms with E-state index in [9.17, 15) is 18.0 Å². The van der Waals surface area contributed by atoms with Gasteiger partial charge in [0.1, 0.15) is 5.82 Å². The van der Waals surface area contributed by atoms with Crippen molar-refractivity contribution in [1.29, 1.82) is 0 Å². The lowest BCUT2D eigenvalue weighted by Crippen LogP contribution is -2.58. The molecule has 1 amide bonds. The highest BCUT2D eigenvalue weighted by Crippen LogP contribution is 2.36. The van der Waals surface area contributed by atoms with Gasteiger partial charge in [-0.3, -0.25) is 4.79 Å². The number of hydrogen-bond acceptors (Lipinski definition) is 5. The van der Waals surface area contributed by atoms with Crippen molar-refractivity contribution in [2.45, 2.75) is 44.2 Å². The number of primary amides is 1. The van der Waals surface area contributed by atoms with Gasteiger partial charge in [0.15, 0.2) is 11.6 Å². The number of aryl methyl sites for hydroxylation is 1. The Morgan fingerprint density at radius 2 is 1.97 bits per heavy atom. The fourth-order valence-corrected chi connectivity index (χ4v) is 3.55. The molecule has 0 saturated heterocycles. The van der Waals surface area contributed by atoms with Gasteiger partial charge in [0, 0.05) is 19.2 Å². The predicted molar refractivity (Wildman–Crippen MR) is 106 cm³/mol. The van der Waals surface area contributed by atoms with Crippen LogP contribution in [0.2, 0.25) is 0 Å². The van der Waals surface area contributed by atoms with Crippen LogP contribution in [-0.4, -0.2) is 35.9 Å². The topological polar surface area (TPSA) is 97.3 Å². The van der Waals surface area contributed by atoms with Crippen LogP contribution in [0.15, 0.2) is 30.3 Å². The summed E-state index contributed by atoms with van der Waals surface area (Å²) in [5.41, 5.74) is 12.6. The summed E-state index contributed by atoms with van der Waals surface area (Å²) in [6, 6.07) is 5.96. The molecule has 1 aromatic heterocycles.